The molecule has 0 aliphatic carbocycles. The highest BCUT2D eigenvalue weighted by atomic mass is 19.3. The minimum Gasteiger partial charge on any atom is -0.378 e. The van der Waals surface area contributed by atoms with Crippen LogP contribution >= 0.6 is 0 Å². The summed E-state index contributed by atoms with van der Waals surface area (Å²) in [7, 11) is 1.67. The fourth-order valence-electron chi connectivity index (χ4n) is 4.88. The van der Waals surface area contributed by atoms with Gasteiger partial charge in [0.05, 0.1) is 50.4 Å². The van der Waals surface area contributed by atoms with Crippen molar-refractivity contribution < 1.29 is 22.3 Å². The van der Waals surface area contributed by atoms with Gasteiger partial charge in [0.25, 0.3) is 12.3 Å². The summed E-state index contributed by atoms with van der Waals surface area (Å²) in [6.45, 7) is 0.662. The molecule has 6 rings (SSSR count). The second kappa shape index (κ2) is 9.10. The number of hydrogen-bond donors (Lipinski definition) is 2. The molecule has 0 spiro atoms. The summed E-state index contributed by atoms with van der Waals surface area (Å²) in [6, 6.07) is 4.16. The van der Waals surface area contributed by atoms with E-state index in [2.05, 4.69) is 30.7 Å². The highest BCUT2D eigenvalue weighted by Gasteiger charge is 2.47. The first-order chi connectivity index (χ1) is 17.8. The molecule has 2 fully saturated rings. The van der Waals surface area contributed by atoms with E-state index in [1.807, 2.05) is 0 Å². The van der Waals surface area contributed by atoms with Crippen molar-refractivity contribution in [3.05, 3.63) is 30.7 Å². The number of nitrogens with zero attached hydrogens (tertiary/aromatic N) is 7. The molecule has 10 nitrogen and oxygen atoms in total. The molecule has 2 N–H and O–H groups in total. The first-order valence-corrected chi connectivity index (χ1v) is 12.0. The molecule has 4 aromatic rings. The summed E-state index contributed by atoms with van der Waals surface area (Å²) in [5.41, 5.74) is 2.59. The molecule has 0 saturated carbocycles. The lowest BCUT2D eigenvalue weighted by molar-refractivity contribution is -0.131. The molecule has 0 aromatic carbocycles. The number of anilines is 2. The Hall–Kier alpha value is -3.52. The minimum atomic E-state index is -2.96. The van der Waals surface area contributed by atoms with Crippen LogP contribution < -0.4 is 10.6 Å². The summed E-state index contributed by atoms with van der Waals surface area (Å²) < 4.78 is 63.9. The SMILES string of the molecule is CNc1nc(N[C@@H]2CCN(C3COC3)CC2(F)F)nn2ccc(-c3ccc4ncn(CC(F)F)c4n3)c12. The van der Waals surface area contributed by atoms with Crippen molar-refractivity contribution in [1.29, 1.82) is 0 Å². The van der Waals surface area contributed by atoms with Gasteiger partial charge in [-0.2, -0.15) is 4.98 Å². The predicted molar refractivity (Wildman–Crippen MR) is 128 cm³/mol. The molecular weight excluding hydrogens is 494 g/mol. The maximum atomic E-state index is 15.0. The lowest BCUT2D eigenvalue weighted by Gasteiger charge is -2.44. The normalized spacial score (nSPS) is 20.5. The summed E-state index contributed by atoms with van der Waals surface area (Å²) in [4.78, 5) is 14.9. The van der Waals surface area contributed by atoms with Crippen molar-refractivity contribution >= 4 is 28.4 Å². The Kier molecular flexibility index (Phi) is 5.87. The van der Waals surface area contributed by atoms with Crippen LogP contribution in [0.4, 0.5) is 29.3 Å². The molecule has 2 aliphatic heterocycles. The summed E-state index contributed by atoms with van der Waals surface area (Å²) in [5.74, 6) is -2.48. The largest absolute Gasteiger partial charge is 0.378 e. The molecule has 4 aromatic heterocycles. The van der Waals surface area contributed by atoms with Crippen molar-refractivity contribution in [2.45, 2.75) is 37.4 Å². The van der Waals surface area contributed by atoms with Crippen LogP contribution in [0.3, 0.4) is 0 Å². The van der Waals surface area contributed by atoms with Crippen LogP contribution in [0.15, 0.2) is 30.7 Å². The number of nitrogens with one attached hydrogen (secondary N) is 2. The Morgan fingerprint density at radius 3 is 2.73 bits per heavy atom. The van der Waals surface area contributed by atoms with Gasteiger partial charge in [0.15, 0.2) is 11.5 Å². The number of piperidine rings is 1. The molecule has 196 valence electrons. The Bertz CT molecular complexity index is 1430. The fourth-order valence-corrected chi connectivity index (χ4v) is 4.88. The summed E-state index contributed by atoms with van der Waals surface area (Å²) in [5, 5.41) is 10.3. The number of alkyl halides is 4. The van der Waals surface area contributed by atoms with Crippen molar-refractivity contribution in [2.75, 3.05) is 44.0 Å². The predicted octanol–water partition coefficient (Wildman–Crippen LogP) is 2.97. The highest BCUT2D eigenvalue weighted by molar-refractivity contribution is 5.89. The van der Waals surface area contributed by atoms with Crippen molar-refractivity contribution in [2.24, 2.45) is 0 Å². The van der Waals surface area contributed by atoms with Crippen LogP contribution in [0.5, 0.6) is 0 Å². The monoisotopic (exact) mass is 519 g/mol. The number of pyridine rings is 1. The van der Waals surface area contributed by atoms with Crippen LogP contribution in [0.25, 0.3) is 27.9 Å². The first kappa shape index (κ1) is 23.9. The van der Waals surface area contributed by atoms with E-state index in [1.54, 1.807) is 36.3 Å². The number of halogens is 4. The van der Waals surface area contributed by atoms with E-state index in [0.717, 1.165) is 0 Å². The van der Waals surface area contributed by atoms with Crippen LogP contribution in [0.2, 0.25) is 0 Å². The molecule has 0 bridgehead atoms. The van der Waals surface area contributed by atoms with Gasteiger partial charge in [-0.3, -0.25) is 4.90 Å². The van der Waals surface area contributed by atoms with Gasteiger partial charge in [-0.15, -0.1) is 5.10 Å². The molecule has 37 heavy (non-hydrogen) atoms. The van der Waals surface area contributed by atoms with Gasteiger partial charge >= 0.3 is 0 Å². The number of rotatable bonds is 7. The molecule has 0 amide bonds. The lowest BCUT2D eigenvalue weighted by atomic mass is 9.98. The average molecular weight is 520 g/mol. The van der Waals surface area contributed by atoms with E-state index < -0.39 is 24.9 Å². The fraction of sp³-hybridized carbons (Fsp3) is 0.478. The Balaban J connectivity index is 1.30. The van der Waals surface area contributed by atoms with E-state index in [-0.39, 0.29) is 25.0 Å². The third kappa shape index (κ3) is 4.33. The second-order valence-electron chi connectivity index (χ2n) is 9.29. The van der Waals surface area contributed by atoms with Crippen LogP contribution in [0.1, 0.15) is 6.42 Å². The standard InChI is InChI=1S/C23H25F4N9O/c1-28-20-19-14(15-2-3-16-21(30-15)35(12-29-16)8-18(24)25)4-7-36(19)33-22(32-20)31-17-5-6-34(11-23(17,26)27)13-9-37-10-13/h2-4,7,12-13,17-18H,5-6,8-11H2,1H3,(H2,28,31,32,33)/t17-/m1/s1. The van der Waals surface area contributed by atoms with Crippen molar-refractivity contribution in [1.82, 2.24) is 34.0 Å². The van der Waals surface area contributed by atoms with E-state index >= 15 is 0 Å². The Morgan fingerprint density at radius 2 is 2.03 bits per heavy atom. The van der Waals surface area contributed by atoms with Gasteiger partial charge < -0.3 is 19.9 Å². The quantitative estimate of drug-likeness (QED) is 0.360. The number of imidazole rings is 1. The van der Waals surface area contributed by atoms with E-state index in [0.29, 0.717) is 53.5 Å². The Labute approximate surface area is 208 Å². The van der Waals surface area contributed by atoms with Gasteiger partial charge in [0, 0.05) is 25.4 Å². The van der Waals surface area contributed by atoms with Gasteiger partial charge in [-0.05, 0) is 24.6 Å². The minimum absolute atomic E-state index is 0.0513. The number of fused-ring (bicyclic) bond motifs is 2. The van der Waals surface area contributed by atoms with Gasteiger partial charge in [-0.1, -0.05) is 0 Å². The number of likely N-dealkylation sites (tertiary alicyclic amines) is 1. The first-order valence-electron chi connectivity index (χ1n) is 12.0. The molecule has 1 atom stereocenters. The average Bonchev–Trinajstić information content (AvgIpc) is 3.42. The third-order valence-corrected chi connectivity index (χ3v) is 6.89. The second-order valence-corrected chi connectivity index (χ2v) is 9.29. The molecule has 0 radical (unpaired) electrons. The molecule has 2 saturated heterocycles. The summed E-state index contributed by atoms with van der Waals surface area (Å²) in [6.07, 6.45) is 0.719. The van der Waals surface area contributed by atoms with Crippen LogP contribution in [-0.4, -0.2) is 91.8 Å². The maximum absolute atomic E-state index is 15.0. The molecule has 2 aliphatic rings. The van der Waals surface area contributed by atoms with Crippen molar-refractivity contribution in [3.63, 3.8) is 0 Å². The number of ether oxygens (including phenoxy) is 1. The van der Waals surface area contributed by atoms with Crippen LogP contribution in [0, 0.1) is 0 Å². The maximum Gasteiger partial charge on any atom is 0.280 e. The van der Waals surface area contributed by atoms with Gasteiger partial charge in [0.1, 0.15) is 11.0 Å². The van der Waals surface area contributed by atoms with E-state index in [9.17, 15) is 17.6 Å². The lowest BCUT2D eigenvalue weighted by Crippen LogP contribution is -2.61. The summed E-state index contributed by atoms with van der Waals surface area (Å²) >= 11 is 0. The number of hydrogen-bond acceptors (Lipinski definition) is 8. The van der Waals surface area contributed by atoms with Crippen LogP contribution in [-0.2, 0) is 11.3 Å². The van der Waals surface area contributed by atoms with Gasteiger partial charge in [0.2, 0.25) is 5.95 Å². The highest BCUT2D eigenvalue weighted by Crippen LogP contribution is 2.33. The van der Waals surface area contributed by atoms with Gasteiger partial charge in [-0.25, -0.2) is 32.0 Å². The molecule has 6 heterocycles. The van der Waals surface area contributed by atoms with E-state index in [4.69, 9.17) is 4.74 Å². The zero-order valence-electron chi connectivity index (χ0n) is 19.9. The van der Waals surface area contributed by atoms with Crippen molar-refractivity contribution in [3.8, 4) is 11.3 Å². The third-order valence-electron chi connectivity index (χ3n) is 6.89. The molecule has 14 heteroatoms. The molecule has 0 unspecified atom stereocenters. The van der Waals surface area contributed by atoms with E-state index in [1.165, 1.54) is 15.4 Å². The number of aromatic nitrogens is 6. The Morgan fingerprint density at radius 1 is 1.19 bits per heavy atom. The smallest absolute Gasteiger partial charge is 0.280 e. The zero-order chi connectivity index (χ0) is 25.7. The zero-order valence-corrected chi connectivity index (χ0v) is 19.9. The molecular formula is C23H25F4N9O. The topological polar surface area (TPSA) is 97.4 Å².